The quantitative estimate of drug-likeness (QED) is 0.704. The average molecular weight is 386 g/mol. The lowest BCUT2D eigenvalue weighted by molar-refractivity contribution is -0.143. The minimum atomic E-state index is -0.776. The highest BCUT2D eigenvalue weighted by atomic mass is 16.5. The number of nitrogens with zero attached hydrogens (tertiary/aromatic N) is 1. The first-order valence-electron chi connectivity index (χ1n) is 9.08. The van der Waals surface area contributed by atoms with E-state index in [4.69, 9.17) is 9.47 Å². The predicted molar refractivity (Wildman–Crippen MR) is 105 cm³/mol. The number of rotatable bonds is 8. The molecule has 1 amide bonds. The van der Waals surface area contributed by atoms with E-state index in [2.05, 4.69) is 5.32 Å². The molecule has 0 radical (unpaired) electrons. The molecule has 2 aromatic rings. The second-order valence-corrected chi connectivity index (χ2v) is 6.95. The average Bonchev–Trinajstić information content (AvgIpc) is 2.67. The molecule has 0 saturated heterocycles. The first kappa shape index (κ1) is 21.2. The van der Waals surface area contributed by atoms with Crippen LogP contribution in [0.5, 0.6) is 5.75 Å². The molecule has 0 aliphatic heterocycles. The molecule has 0 spiro atoms. The molecule has 28 heavy (non-hydrogen) atoms. The molecule has 0 saturated carbocycles. The highest BCUT2D eigenvalue weighted by molar-refractivity contribution is 5.95. The fourth-order valence-corrected chi connectivity index (χ4v) is 2.74. The van der Waals surface area contributed by atoms with Gasteiger partial charge in [-0.1, -0.05) is 44.2 Å². The standard InChI is InChI=1S/C21H26N2O5/c1-14(2)10-16(21(26)27-4)22-20(25)17-11-18(24)19(12-23(17)3)28-13-15-8-6-5-7-9-15/h5-9,11-12,14,16H,10,13H2,1-4H3,(H,22,25). The third-order valence-electron chi connectivity index (χ3n) is 4.17. The molecule has 1 aromatic heterocycles. The van der Waals surface area contributed by atoms with Gasteiger partial charge in [0.25, 0.3) is 5.91 Å². The normalized spacial score (nSPS) is 11.8. The van der Waals surface area contributed by atoms with Crippen LogP contribution in [0.4, 0.5) is 0 Å². The molecule has 1 aromatic carbocycles. The van der Waals surface area contributed by atoms with Crippen molar-refractivity contribution in [1.29, 1.82) is 0 Å². The van der Waals surface area contributed by atoms with Crippen LogP contribution in [0.3, 0.4) is 0 Å². The second-order valence-electron chi connectivity index (χ2n) is 6.95. The Morgan fingerprint density at radius 2 is 1.86 bits per heavy atom. The number of benzene rings is 1. The molecular weight excluding hydrogens is 360 g/mol. The number of methoxy groups -OCH3 is 1. The van der Waals surface area contributed by atoms with E-state index in [9.17, 15) is 14.4 Å². The van der Waals surface area contributed by atoms with E-state index < -0.39 is 23.3 Å². The summed E-state index contributed by atoms with van der Waals surface area (Å²) in [6.07, 6.45) is 1.90. The van der Waals surface area contributed by atoms with Gasteiger partial charge >= 0.3 is 5.97 Å². The van der Waals surface area contributed by atoms with Crippen LogP contribution < -0.4 is 15.5 Å². The van der Waals surface area contributed by atoms with E-state index in [0.29, 0.717) is 6.42 Å². The summed E-state index contributed by atoms with van der Waals surface area (Å²) in [5.41, 5.74) is 0.661. The zero-order valence-electron chi connectivity index (χ0n) is 16.6. The van der Waals surface area contributed by atoms with Gasteiger partial charge < -0.3 is 19.4 Å². The molecule has 150 valence electrons. The second kappa shape index (κ2) is 9.73. The zero-order chi connectivity index (χ0) is 20.7. The van der Waals surface area contributed by atoms with Crippen molar-refractivity contribution in [2.45, 2.75) is 32.9 Å². The van der Waals surface area contributed by atoms with E-state index in [1.165, 1.54) is 23.9 Å². The number of carbonyl (C=O) groups is 2. The number of hydrogen-bond acceptors (Lipinski definition) is 5. The van der Waals surface area contributed by atoms with Gasteiger partial charge in [0.15, 0.2) is 5.75 Å². The summed E-state index contributed by atoms with van der Waals surface area (Å²) in [5.74, 6) is -0.711. The van der Waals surface area contributed by atoms with Crippen LogP contribution in [0.1, 0.15) is 36.3 Å². The zero-order valence-corrected chi connectivity index (χ0v) is 16.6. The van der Waals surface area contributed by atoms with Gasteiger partial charge in [-0.25, -0.2) is 4.79 Å². The van der Waals surface area contributed by atoms with Gasteiger partial charge in [0, 0.05) is 13.1 Å². The monoisotopic (exact) mass is 386 g/mol. The number of nitrogens with one attached hydrogen (secondary N) is 1. The smallest absolute Gasteiger partial charge is 0.328 e. The van der Waals surface area contributed by atoms with E-state index in [0.717, 1.165) is 5.56 Å². The number of hydrogen-bond donors (Lipinski definition) is 1. The maximum Gasteiger partial charge on any atom is 0.328 e. The maximum atomic E-state index is 12.6. The van der Waals surface area contributed by atoms with Crippen molar-refractivity contribution in [2.24, 2.45) is 13.0 Å². The first-order valence-corrected chi connectivity index (χ1v) is 9.08. The molecule has 1 unspecified atom stereocenters. The molecule has 0 aliphatic rings. The van der Waals surface area contributed by atoms with E-state index >= 15 is 0 Å². The fourth-order valence-electron chi connectivity index (χ4n) is 2.74. The van der Waals surface area contributed by atoms with Crippen molar-refractivity contribution in [2.75, 3.05) is 7.11 Å². The largest absolute Gasteiger partial charge is 0.483 e. The number of pyridine rings is 1. The van der Waals surface area contributed by atoms with Crippen LogP contribution in [0.25, 0.3) is 0 Å². The van der Waals surface area contributed by atoms with Crippen LogP contribution in [-0.4, -0.2) is 29.6 Å². The number of aromatic nitrogens is 1. The molecule has 1 atom stereocenters. The summed E-state index contributed by atoms with van der Waals surface area (Å²) in [4.78, 5) is 36.9. The topological polar surface area (TPSA) is 86.6 Å². The van der Waals surface area contributed by atoms with Crippen molar-refractivity contribution >= 4 is 11.9 Å². The summed E-state index contributed by atoms with van der Waals surface area (Å²) >= 11 is 0. The molecule has 2 rings (SSSR count). The Bertz CT molecular complexity index is 874. The predicted octanol–water partition coefficient (Wildman–Crippen LogP) is 2.28. The van der Waals surface area contributed by atoms with Gasteiger partial charge in [-0.05, 0) is 17.9 Å². The van der Waals surface area contributed by atoms with Crippen molar-refractivity contribution in [3.8, 4) is 5.75 Å². The summed E-state index contributed by atoms with van der Waals surface area (Å²) in [5, 5.41) is 2.65. The molecular formula is C21H26N2O5. The van der Waals surface area contributed by atoms with E-state index in [1.807, 2.05) is 44.2 Å². The first-order chi connectivity index (χ1) is 13.3. The molecule has 0 bridgehead atoms. The number of aryl methyl sites for hydroxylation is 1. The Balaban J connectivity index is 2.15. The van der Waals surface area contributed by atoms with Gasteiger partial charge in [0.2, 0.25) is 5.43 Å². The Kier molecular flexibility index (Phi) is 7.37. The van der Waals surface area contributed by atoms with Gasteiger partial charge in [-0.15, -0.1) is 0 Å². The van der Waals surface area contributed by atoms with Gasteiger partial charge in [0.05, 0.1) is 13.3 Å². The summed E-state index contributed by atoms with van der Waals surface area (Å²) in [6, 6.07) is 9.90. The van der Waals surface area contributed by atoms with Crippen molar-refractivity contribution in [1.82, 2.24) is 9.88 Å². The Morgan fingerprint density at radius 3 is 2.46 bits per heavy atom. The minimum Gasteiger partial charge on any atom is -0.483 e. The molecule has 1 N–H and O–H groups in total. The number of amides is 1. The van der Waals surface area contributed by atoms with Crippen LogP contribution in [-0.2, 0) is 23.2 Å². The lowest BCUT2D eigenvalue weighted by atomic mass is 10.0. The number of ether oxygens (including phenoxy) is 2. The lowest BCUT2D eigenvalue weighted by Crippen LogP contribution is -2.43. The highest BCUT2D eigenvalue weighted by Gasteiger charge is 2.24. The Hall–Kier alpha value is -3.09. The van der Waals surface area contributed by atoms with E-state index in [1.54, 1.807) is 7.05 Å². The minimum absolute atomic E-state index is 0.134. The van der Waals surface area contributed by atoms with E-state index in [-0.39, 0.29) is 24.0 Å². The van der Waals surface area contributed by atoms with Crippen molar-refractivity contribution in [3.05, 3.63) is 64.1 Å². The van der Waals surface area contributed by atoms with Crippen LogP contribution >= 0.6 is 0 Å². The van der Waals surface area contributed by atoms with Crippen LogP contribution in [0, 0.1) is 5.92 Å². The van der Waals surface area contributed by atoms with Crippen LogP contribution in [0.15, 0.2) is 47.4 Å². The Morgan fingerprint density at radius 1 is 1.18 bits per heavy atom. The molecule has 1 heterocycles. The van der Waals surface area contributed by atoms with Gasteiger partial charge in [-0.2, -0.15) is 0 Å². The number of esters is 1. The molecule has 7 nitrogen and oxygen atoms in total. The van der Waals surface area contributed by atoms with Crippen LogP contribution in [0.2, 0.25) is 0 Å². The number of carbonyl (C=O) groups excluding carboxylic acids is 2. The Labute approximate surface area is 164 Å². The molecule has 7 heteroatoms. The fraction of sp³-hybridized carbons (Fsp3) is 0.381. The van der Waals surface area contributed by atoms with Crippen molar-refractivity contribution < 1.29 is 19.1 Å². The molecule has 0 fully saturated rings. The highest BCUT2D eigenvalue weighted by Crippen LogP contribution is 2.11. The summed E-state index contributed by atoms with van der Waals surface area (Å²) in [6.45, 7) is 4.13. The lowest BCUT2D eigenvalue weighted by Gasteiger charge is -2.19. The van der Waals surface area contributed by atoms with Crippen molar-refractivity contribution in [3.63, 3.8) is 0 Å². The van der Waals surface area contributed by atoms with Gasteiger partial charge in [-0.3, -0.25) is 9.59 Å². The summed E-state index contributed by atoms with van der Waals surface area (Å²) in [7, 11) is 2.91. The van der Waals surface area contributed by atoms with Gasteiger partial charge in [0.1, 0.15) is 18.3 Å². The maximum absolute atomic E-state index is 12.6. The summed E-state index contributed by atoms with van der Waals surface area (Å²) < 4.78 is 11.8. The SMILES string of the molecule is COC(=O)C(CC(C)C)NC(=O)c1cc(=O)c(OCc2ccccc2)cn1C. The molecule has 0 aliphatic carbocycles. The third-order valence-corrected chi connectivity index (χ3v) is 4.17. The third kappa shape index (κ3) is 5.70.